The van der Waals surface area contributed by atoms with Crippen molar-refractivity contribution >= 4 is 29.3 Å². The molecular formula is C25H39N5O4S. The Morgan fingerprint density at radius 3 is 2.49 bits per heavy atom. The standard InChI is InChI=1S/C25H39N5O4S/c1-19(2)10-15-35-29(5)23-8-6-21(7-9-23)25(32)26-16-22-17-30(28-27-22)11-12-33-13-14-34-18-24(31)20(3)4/h6-9,17,19-20H,10-16,18H2,1-5H3,(H,26,32). The molecule has 1 heterocycles. The summed E-state index contributed by atoms with van der Waals surface area (Å²) in [4.78, 5) is 24.0. The van der Waals surface area contributed by atoms with Gasteiger partial charge >= 0.3 is 0 Å². The van der Waals surface area contributed by atoms with Crippen LogP contribution < -0.4 is 9.62 Å². The largest absolute Gasteiger partial charge is 0.377 e. The highest BCUT2D eigenvalue weighted by Gasteiger charge is 2.09. The Bertz CT molecular complexity index is 902. The third-order valence-corrected chi connectivity index (χ3v) is 6.23. The zero-order valence-electron chi connectivity index (χ0n) is 21.5. The third kappa shape index (κ3) is 11.2. The molecule has 1 aromatic heterocycles. The summed E-state index contributed by atoms with van der Waals surface area (Å²) in [5, 5.41) is 11.0. The van der Waals surface area contributed by atoms with E-state index in [1.165, 1.54) is 6.42 Å². The molecule has 1 amide bonds. The average molecular weight is 506 g/mol. The highest BCUT2D eigenvalue weighted by Crippen LogP contribution is 2.22. The quantitative estimate of drug-likeness (QED) is 0.257. The molecule has 0 fully saturated rings. The van der Waals surface area contributed by atoms with Crippen molar-refractivity contribution in [2.45, 2.75) is 47.2 Å². The van der Waals surface area contributed by atoms with Crippen molar-refractivity contribution in [1.82, 2.24) is 20.3 Å². The number of hydrogen-bond donors (Lipinski definition) is 1. The predicted molar refractivity (Wildman–Crippen MR) is 139 cm³/mol. The zero-order chi connectivity index (χ0) is 25.6. The minimum absolute atomic E-state index is 0.0155. The van der Waals surface area contributed by atoms with Gasteiger partial charge in [0.15, 0.2) is 5.78 Å². The first kappa shape index (κ1) is 28.8. The van der Waals surface area contributed by atoms with Gasteiger partial charge in [-0.25, -0.2) is 4.68 Å². The molecule has 35 heavy (non-hydrogen) atoms. The maximum atomic E-state index is 12.5. The normalized spacial score (nSPS) is 11.3. The van der Waals surface area contributed by atoms with Crippen LogP contribution in [0, 0.1) is 11.8 Å². The van der Waals surface area contributed by atoms with E-state index in [0.717, 1.165) is 11.4 Å². The molecule has 1 N–H and O–H groups in total. The van der Waals surface area contributed by atoms with Crippen LogP contribution in [0.3, 0.4) is 0 Å². The van der Waals surface area contributed by atoms with Crippen LogP contribution in [0.5, 0.6) is 0 Å². The fraction of sp³-hybridized carbons (Fsp3) is 0.600. The third-order valence-electron chi connectivity index (χ3n) is 5.21. The molecule has 0 aliphatic carbocycles. The highest BCUT2D eigenvalue weighted by atomic mass is 32.2. The van der Waals surface area contributed by atoms with Crippen molar-refractivity contribution in [3.8, 4) is 0 Å². The molecule has 0 aliphatic rings. The molecule has 0 spiro atoms. The second kappa shape index (κ2) is 15.5. The smallest absolute Gasteiger partial charge is 0.251 e. The van der Waals surface area contributed by atoms with Crippen LogP contribution >= 0.6 is 11.9 Å². The van der Waals surface area contributed by atoms with Crippen molar-refractivity contribution < 1.29 is 19.1 Å². The number of anilines is 1. The van der Waals surface area contributed by atoms with E-state index in [4.69, 9.17) is 9.47 Å². The molecule has 194 valence electrons. The molecule has 0 bridgehead atoms. The van der Waals surface area contributed by atoms with E-state index >= 15 is 0 Å². The van der Waals surface area contributed by atoms with Gasteiger partial charge < -0.3 is 19.1 Å². The van der Waals surface area contributed by atoms with Crippen LogP contribution in [0.2, 0.25) is 0 Å². The maximum absolute atomic E-state index is 12.5. The summed E-state index contributed by atoms with van der Waals surface area (Å²) >= 11 is 1.78. The van der Waals surface area contributed by atoms with Crippen LogP contribution in [0.4, 0.5) is 5.69 Å². The van der Waals surface area contributed by atoms with Crippen molar-refractivity contribution in [2.24, 2.45) is 11.8 Å². The molecular weight excluding hydrogens is 466 g/mol. The number of benzene rings is 1. The lowest BCUT2D eigenvalue weighted by Gasteiger charge is -2.18. The summed E-state index contributed by atoms with van der Waals surface area (Å²) in [7, 11) is 2.04. The van der Waals surface area contributed by atoms with Gasteiger partial charge in [0.05, 0.1) is 39.1 Å². The molecule has 2 aromatic rings. The monoisotopic (exact) mass is 505 g/mol. The second-order valence-corrected chi connectivity index (χ2v) is 10.2. The molecule has 0 unspecified atom stereocenters. The van der Waals surface area contributed by atoms with Crippen molar-refractivity contribution in [2.75, 3.05) is 43.5 Å². The number of ether oxygens (including phenoxy) is 2. The molecule has 2 rings (SSSR count). The number of ketones is 1. The van der Waals surface area contributed by atoms with Crippen LogP contribution in [-0.2, 0) is 27.4 Å². The van der Waals surface area contributed by atoms with E-state index < -0.39 is 0 Å². The van der Waals surface area contributed by atoms with E-state index in [2.05, 4.69) is 33.8 Å². The summed E-state index contributed by atoms with van der Waals surface area (Å²) in [5.74, 6) is 1.68. The Labute approximate surface area is 213 Å². The first-order chi connectivity index (χ1) is 16.8. The zero-order valence-corrected chi connectivity index (χ0v) is 22.3. The number of carbonyl (C=O) groups excluding carboxylic acids is 2. The minimum Gasteiger partial charge on any atom is -0.377 e. The van der Waals surface area contributed by atoms with E-state index in [9.17, 15) is 9.59 Å². The first-order valence-electron chi connectivity index (χ1n) is 12.1. The van der Waals surface area contributed by atoms with Gasteiger partial charge in [0.25, 0.3) is 5.91 Å². The average Bonchev–Trinajstić information content (AvgIpc) is 3.29. The number of nitrogens with zero attached hydrogens (tertiary/aromatic N) is 4. The lowest BCUT2D eigenvalue weighted by Crippen LogP contribution is -2.23. The van der Waals surface area contributed by atoms with Gasteiger partial charge in [0.1, 0.15) is 12.3 Å². The lowest BCUT2D eigenvalue weighted by molar-refractivity contribution is -0.127. The summed E-state index contributed by atoms with van der Waals surface area (Å²) < 4.78 is 14.6. The van der Waals surface area contributed by atoms with E-state index in [-0.39, 0.29) is 24.2 Å². The molecule has 0 radical (unpaired) electrons. The number of rotatable bonds is 17. The topological polar surface area (TPSA) is 98.6 Å². The summed E-state index contributed by atoms with van der Waals surface area (Å²) in [6.07, 6.45) is 2.96. The second-order valence-electron chi connectivity index (χ2n) is 9.00. The summed E-state index contributed by atoms with van der Waals surface area (Å²) in [5.41, 5.74) is 2.34. The van der Waals surface area contributed by atoms with Gasteiger partial charge in [0.2, 0.25) is 0 Å². The SMILES string of the molecule is CC(C)CCSN(C)c1ccc(C(=O)NCc2cn(CCOCCOCC(=O)C(C)C)nn2)cc1. The number of hydrogen-bond acceptors (Lipinski definition) is 8. The summed E-state index contributed by atoms with van der Waals surface area (Å²) in [6, 6.07) is 7.59. The maximum Gasteiger partial charge on any atom is 0.251 e. The number of aromatic nitrogens is 3. The molecule has 10 heteroatoms. The Morgan fingerprint density at radius 2 is 1.80 bits per heavy atom. The van der Waals surface area contributed by atoms with Gasteiger partial charge in [-0.15, -0.1) is 5.10 Å². The minimum atomic E-state index is -0.152. The van der Waals surface area contributed by atoms with Gasteiger partial charge in [0, 0.05) is 30.0 Å². The summed E-state index contributed by atoms with van der Waals surface area (Å²) in [6.45, 7) is 10.3. The molecule has 1 aromatic carbocycles. The van der Waals surface area contributed by atoms with Gasteiger partial charge in [-0.2, -0.15) is 0 Å². The molecule has 0 atom stereocenters. The first-order valence-corrected chi connectivity index (χ1v) is 13.0. The fourth-order valence-electron chi connectivity index (χ4n) is 2.84. The van der Waals surface area contributed by atoms with Crippen LogP contribution in [0.25, 0.3) is 0 Å². The Morgan fingerprint density at radius 1 is 1.09 bits per heavy atom. The van der Waals surface area contributed by atoms with E-state index in [1.807, 2.05) is 45.2 Å². The number of Topliss-reactive ketones (excluding diaryl/α,β-unsaturated/α-hetero) is 1. The van der Waals surface area contributed by atoms with Gasteiger partial charge in [-0.1, -0.05) is 44.9 Å². The van der Waals surface area contributed by atoms with Gasteiger partial charge in [-0.3, -0.25) is 9.59 Å². The van der Waals surface area contributed by atoms with E-state index in [0.29, 0.717) is 50.1 Å². The van der Waals surface area contributed by atoms with Gasteiger partial charge in [-0.05, 0) is 36.6 Å². The van der Waals surface area contributed by atoms with Crippen molar-refractivity contribution in [3.05, 3.63) is 41.7 Å². The lowest BCUT2D eigenvalue weighted by atomic mass is 10.1. The molecule has 9 nitrogen and oxygen atoms in total. The fourth-order valence-corrected chi connectivity index (χ4v) is 3.96. The Hall–Kier alpha value is -2.43. The molecule has 0 saturated heterocycles. The van der Waals surface area contributed by atoms with Crippen LogP contribution in [0.15, 0.2) is 30.5 Å². The number of carbonyl (C=O) groups is 2. The Balaban J connectivity index is 1.65. The number of amides is 1. The van der Waals surface area contributed by atoms with Crippen molar-refractivity contribution in [1.29, 1.82) is 0 Å². The van der Waals surface area contributed by atoms with Crippen LogP contribution in [-0.4, -0.2) is 65.9 Å². The molecule has 0 saturated carbocycles. The van der Waals surface area contributed by atoms with Crippen molar-refractivity contribution in [3.63, 3.8) is 0 Å². The highest BCUT2D eigenvalue weighted by molar-refractivity contribution is 8.00. The molecule has 0 aliphatic heterocycles. The van der Waals surface area contributed by atoms with E-state index in [1.54, 1.807) is 22.8 Å². The predicted octanol–water partition coefficient (Wildman–Crippen LogP) is 3.60. The Kier molecular flexibility index (Phi) is 12.8. The number of nitrogens with one attached hydrogen (secondary N) is 1. The van der Waals surface area contributed by atoms with Crippen LogP contribution in [0.1, 0.15) is 50.2 Å².